The topological polar surface area (TPSA) is 179 Å². The van der Waals surface area contributed by atoms with E-state index in [-0.39, 0.29) is 23.8 Å². The third kappa shape index (κ3) is 15.6. The summed E-state index contributed by atoms with van der Waals surface area (Å²) in [6.45, 7) is 20.5. The number of carbonyl (C=O) groups is 3. The molecule has 1 aromatic carbocycles. The average molecular weight is 776 g/mol. The van der Waals surface area contributed by atoms with Crippen molar-refractivity contribution in [1.82, 2.24) is 15.2 Å². The van der Waals surface area contributed by atoms with Gasteiger partial charge in [0.15, 0.2) is 20.6 Å². The van der Waals surface area contributed by atoms with Gasteiger partial charge in [-0.2, -0.15) is 0 Å². The van der Waals surface area contributed by atoms with Gasteiger partial charge >= 0.3 is 12.1 Å². The molecule has 0 aromatic heterocycles. The molecule has 14 nitrogen and oxygen atoms in total. The van der Waals surface area contributed by atoms with E-state index in [0.717, 1.165) is 0 Å². The van der Waals surface area contributed by atoms with Crippen molar-refractivity contribution in [1.29, 1.82) is 0 Å². The van der Waals surface area contributed by atoms with Crippen molar-refractivity contribution in [2.75, 3.05) is 25.6 Å². The van der Waals surface area contributed by atoms with Crippen LogP contribution in [0, 0.1) is 0 Å². The van der Waals surface area contributed by atoms with Gasteiger partial charge in [0.05, 0.1) is 31.7 Å². The maximum absolute atomic E-state index is 14.5. The van der Waals surface area contributed by atoms with E-state index in [0.29, 0.717) is 36.3 Å². The summed E-state index contributed by atoms with van der Waals surface area (Å²) in [6, 6.07) is 5.79. The lowest BCUT2D eigenvalue weighted by Gasteiger charge is -2.44. The van der Waals surface area contributed by atoms with E-state index in [1.54, 1.807) is 45.0 Å². The van der Waals surface area contributed by atoms with Crippen LogP contribution in [0.2, 0.25) is 43.8 Å². The average Bonchev–Trinajstić information content (AvgIpc) is 3.00. The van der Waals surface area contributed by atoms with Crippen molar-refractivity contribution >= 4 is 44.4 Å². The SMILES string of the molecule is CC(C)(C)OC(=O)NN(C(=O)[C@@H](CO)NS(=O)(=O)CC[Si](C)(C)C)[C@H](C(=O)OCc1ccccc1)[C@H](CC1OCCCO1)O[Si](C)(C)C(C)(C)C. The minimum atomic E-state index is -4.09. The molecule has 292 valence electrons. The molecule has 1 aliphatic heterocycles. The second-order valence-electron chi connectivity index (χ2n) is 16.5. The quantitative estimate of drug-likeness (QED) is 0.122. The van der Waals surface area contributed by atoms with Crippen LogP contribution < -0.4 is 10.1 Å². The van der Waals surface area contributed by atoms with Gasteiger partial charge in [0.2, 0.25) is 10.0 Å². The molecule has 0 spiro atoms. The number of carbonyl (C=O) groups excluding carboxylic acids is 3. The molecule has 51 heavy (non-hydrogen) atoms. The molecular weight excluding hydrogens is 715 g/mol. The zero-order valence-corrected chi connectivity index (χ0v) is 35.1. The molecule has 0 radical (unpaired) electrons. The van der Waals surface area contributed by atoms with Crippen LogP contribution in [0.4, 0.5) is 4.79 Å². The van der Waals surface area contributed by atoms with Crippen LogP contribution in [-0.4, -0.2) is 109 Å². The lowest BCUT2D eigenvalue weighted by atomic mass is 10.1. The number of nitrogens with one attached hydrogen (secondary N) is 2. The Kier molecular flexibility index (Phi) is 16.3. The van der Waals surface area contributed by atoms with Gasteiger partial charge in [-0.1, -0.05) is 70.7 Å². The monoisotopic (exact) mass is 775 g/mol. The summed E-state index contributed by atoms with van der Waals surface area (Å²) in [6.07, 6.45) is -2.52. The number of rotatable bonds is 16. The molecule has 0 bridgehead atoms. The van der Waals surface area contributed by atoms with Gasteiger partial charge in [0.25, 0.3) is 5.91 Å². The molecular formula is C34H61N3O11SSi2. The van der Waals surface area contributed by atoms with Gasteiger partial charge in [-0.25, -0.2) is 33.2 Å². The lowest BCUT2D eigenvalue weighted by molar-refractivity contribution is -0.197. The van der Waals surface area contributed by atoms with Crippen molar-refractivity contribution in [2.45, 2.75) is 135 Å². The Labute approximate surface area is 306 Å². The Morgan fingerprint density at radius 2 is 1.59 bits per heavy atom. The largest absolute Gasteiger partial charge is 0.459 e. The second-order valence-corrected chi connectivity index (χ2v) is 28.8. The molecule has 0 saturated carbocycles. The number of amides is 2. The highest BCUT2D eigenvalue weighted by Gasteiger charge is 2.48. The van der Waals surface area contributed by atoms with Crippen LogP contribution in [0.3, 0.4) is 0 Å². The van der Waals surface area contributed by atoms with E-state index < -0.39 is 81.1 Å². The zero-order valence-electron chi connectivity index (χ0n) is 32.2. The fourth-order valence-electron chi connectivity index (χ4n) is 4.61. The molecule has 1 aliphatic rings. The summed E-state index contributed by atoms with van der Waals surface area (Å²) < 4.78 is 58.6. The number of esters is 1. The van der Waals surface area contributed by atoms with E-state index >= 15 is 0 Å². The number of hydrogen-bond donors (Lipinski definition) is 3. The first kappa shape index (κ1) is 44.8. The first-order valence-corrected chi connectivity index (χ1v) is 25.7. The first-order chi connectivity index (χ1) is 23.3. The third-order valence-corrected chi connectivity index (χ3v) is 16.4. The number of aliphatic hydroxyl groups excluding tert-OH is 1. The predicted octanol–water partition coefficient (Wildman–Crippen LogP) is 4.53. The Balaban J connectivity index is 2.74. The van der Waals surface area contributed by atoms with Crippen molar-refractivity contribution in [3.05, 3.63) is 35.9 Å². The fraction of sp³-hybridized carbons (Fsp3) is 0.735. The minimum Gasteiger partial charge on any atom is -0.459 e. The van der Waals surface area contributed by atoms with Gasteiger partial charge in [-0.15, -0.1) is 0 Å². The lowest BCUT2D eigenvalue weighted by Crippen LogP contribution is -2.66. The van der Waals surface area contributed by atoms with Crippen LogP contribution in [0.15, 0.2) is 30.3 Å². The van der Waals surface area contributed by atoms with Crippen molar-refractivity contribution in [2.24, 2.45) is 0 Å². The summed E-state index contributed by atoms with van der Waals surface area (Å²) in [4.78, 5) is 42.3. The van der Waals surface area contributed by atoms with Crippen molar-refractivity contribution < 1.29 is 51.3 Å². The third-order valence-electron chi connectivity index (χ3n) is 8.44. The van der Waals surface area contributed by atoms with Crippen LogP contribution in [0.25, 0.3) is 0 Å². The van der Waals surface area contributed by atoms with E-state index in [4.69, 9.17) is 23.4 Å². The number of sulfonamides is 1. The summed E-state index contributed by atoms with van der Waals surface area (Å²) in [5.74, 6) is -2.36. The van der Waals surface area contributed by atoms with Crippen LogP contribution in [0.1, 0.15) is 59.9 Å². The van der Waals surface area contributed by atoms with Gasteiger partial charge in [-0.3, -0.25) is 4.79 Å². The minimum absolute atomic E-state index is 0.0525. The Morgan fingerprint density at radius 3 is 2.10 bits per heavy atom. The van der Waals surface area contributed by atoms with E-state index in [1.807, 2.05) is 59.6 Å². The number of hydrazine groups is 1. The number of nitrogens with zero attached hydrogens (tertiary/aromatic N) is 1. The molecule has 1 aromatic rings. The standard InChI is InChI=1S/C34H61N3O11SSi2/c1-33(2,3)47-32(41)35-37(30(39)26(23-38)36-49(42,43)20-21-50(7,8)9)29(31(40)46-24-25-16-13-12-14-17-25)27(22-28-44-18-15-19-45-28)48-51(10,11)34(4,5)6/h12-14,16-17,26-29,36,38H,15,18-24H2,1-11H3,(H,35,41)/t26-,27+,29+/m1/s1. The highest BCUT2D eigenvalue weighted by molar-refractivity contribution is 7.89. The first-order valence-electron chi connectivity index (χ1n) is 17.4. The number of benzene rings is 1. The fourth-order valence-corrected chi connectivity index (χ4v) is 10.2. The number of aliphatic hydroxyl groups is 1. The molecule has 1 fully saturated rings. The van der Waals surface area contributed by atoms with Crippen LogP contribution >= 0.6 is 0 Å². The molecule has 0 aliphatic carbocycles. The molecule has 2 rings (SSSR count). The highest BCUT2D eigenvalue weighted by atomic mass is 32.2. The maximum atomic E-state index is 14.5. The smallest absolute Gasteiger partial charge is 0.426 e. The normalized spacial score (nSPS) is 16.9. The Bertz CT molecular complexity index is 1390. The number of hydrogen-bond acceptors (Lipinski definition) is 11. The summed E-state index contributed by atoms with van der Waals surface area (Å²) in [5.41, 5.74) is 2.03. The maximum Gasteiger partial charge on any atom is 0.426 e. The van der Waals surface area contributed by atoms with Gasteiger partial charge in [-0.05, 0) is 56.9 Å². The molecule has 17 heteroatoms. The summed E-state index contributed by atoms with van der Waals surface area (Å²) >= 11 is 0. The Morgan fingerprint density at radius 1 is 1.00 bits per heavy atom. The summed E-state index contributed by atoms with van der Waals surface area (Å²) in [7, 11) is -8.67. The van der Waals surface area contributed by atoms with Crippen molar-refractivity contribution in [3.63, 3.8) is 0 Å². The molecule has 2 amide bonds. The van der Waals surface area contributed by atoms with E-state index in [9.17, 15) is 27.9 Å². The van der Waals surface area contributed by atoms with Gasteiger partial charge < -0.3 is 28.5 Å². The molecule has 3 N–H and O–H groups in total. The molecule has 3 atom stereocenters. The van der Waals surface area contributed by atoms with E-state index in [2.05, 4.69) is 10.1 Å². The number of ether oxygens (including phenoxy) is 4. The molecule has 0 unspecified atom stereocenters. The predicted molar refractivity (Wildman–Crippen MR) is 199 cm³/mol. The molecule has 1 heterocycles. The van der Waals surface area contributed by atoms with E-state index in [1.165, 1.54) is 0 Å². The van der Waals surface area contributed by atoms with Crippen molar-refractivity contribution in [3.8, 4) is 0 Å². The second kappa shape index (κ2) is 18.6. The Hall–Kier alpha value is -2.39. The highest BCUT2D eigenvalue weighted by Crippen LogP contribution is 2.39. The zero-order chi connectivity index (χ0) is 38.8. The van der Waals surface area contributed by atoms with Gasteiger partial charge in [0, 0.05) is 14.5 Å². The molecule has 1 saturated heterocycles. The van der Waals surface area contributed by atoms with Crippen LogP contribution in [0.5, 0.6) is 0 Å². The van der Waals surface area contributed by atoms with Crippen LogP contribution in [-0.2, 0) is 49.6 Å². The summed E-state index contributed by atoms with van der Waals surface area (Å²) in [5, 5.41) is 10.7. The van der Waals surface area contributed by atoms with Gasteiger partial charge in [0.1, 0.15) is 18.2 Å².